The highest BCUT2D eigenvalue weighted by Gasteiger charge is 2.36. The van der Waals surface area contributed by atoms with E-state index in [9.17, 15) is 5.11 Å². The molecule has 1 heterocycles. The van der Waals surface area contributed by atoms with E-state index in [1.807, 2.05) is 6.92 Å². The van der Waals surface area contributed by atoms with Crippen molar-refractivity contribution < 1.29 is 5.11 Å². The second-order valence-corrected chi connectivity index (χ2v) is 6.75. The number of hydrogen-bond acceptors (Lipinski definition) is 3. The molecule has 1 saturated heterocycles. The zero-order chi connectivity index (χ0) is 13.2. The van der Waals surface area contributed by atoms with Crippen LogP contribution in [0.1, 0.15) is 58.8 Å². The van der Waals surface area contributed by atoms with Crippen LogP contribution in [0, 0.1) is 5.92 Å². The van der Waals surface area contributed by atoms with Crippen LogP contribution in [0.25, 0.3) is 0 Å². The van der Waals surface area contributed by atoms with Gasteiger partial charge in [0, 0.05) is 18.6 Å². The van der Waals surface area contributed by atoms with Crippen molar-refractivity contribution in [2.75, 3.05) is 13.1 Å². The number of fused-ring (bicyclic) bond motifs is 1. The Morgan fingerprint density at radius 2 is 1.94 bits per heavy atom. The Kier molecular flexibility index (Phi) is 4.68. The number of rotatable bonds is 4. The molecule has 0 spiro atoms. The third-order valence-electron chi connectivity index (χ3n) is 5.03. The highest BCUT2D eigenvalue weighted by Crippen LogP contribution is 2.37. The monoisotopic (exact) mass is 254 g/mol. The first-order chi connectivity index (χ1) is 8.53. The Hall–Kier alpha value is -0.120. The summed E-state index contributed by atoms with van der Waals surface area (Å²) in [5, 5.41) is 10.2. The Labute approximate surface area is 112 Å². The van der Waals surface area contributed by atoms with Crippen LogP contribution >= 0.6 is 0 Å². The molecule has 2 rings (SSSR count). The van der Waals surface area contributed by atoms with E-state index in [4.69, 9.17) is 5.73 Å². The molecule has 2 fully saturated rings. The summed E-state index contributed by atoms with van der Waals surface area (Å²) in [6, 6.07) is 1.23. The summed E-state index contributed by atoms with van der Waals surface area (Å²) in [7, 11) is 0. The molecule has 0 aromatic heterocycles. The second-order valence-electron chi connectivity index (χ2n) is 6.75. The molecular weight excluding hydrogens is 224 g/mol. The van der Waals surface area contributed by atoms with E-state index >= 15 is 0 Å². The Balaban J connectivity index is 1.97. The van der Waals surface area contributed by atoms with E-state index in [2.05, 4.69) is 11.8 Å². The van der Waals surface area contributed by atoms with Gasteiger partial charge in [0.1, 0.15) is 0 Å². The van der Waals surface area contributed by atoms with Gasteiger partial charge in [0.2, 0.25) is 0 Å². The van der Waals surface area contributed by atoms with Gasteiger partial charge < -0.3 is 10.8 Å². The van der Waals surface area contributed by atoms with Gasteiger partial charge in [-0.2, -0.15) is 0 Å². The minimum Gasteiger partial charge on any atom is -0.389 e. The lowest BCUT2D eigenvalue weighted by Crippen LogP contribution is -2.53. The Morgan fingerprint density at radius 3 is 2.67 bits per heavy atom. The number of hydrogen-bond donors (Lipinski definition) is 2. The van der Waals surface area contributed by atoms with Gasteiger partial charge in [-0.25, -0.2) is 0 Å². The molecule has 0 radical (unpaired) electrons. The zero-order valence-corrected chi connectivity index (χ0v) is 12.1. The highest BCUT2D eigenvalue weighted by molar-refractivity contribution is 4.91. The topological polar surface area (TPSA) is 49.5 Å². The standard InChI is InChI=1S/C15H30N2O/c1-12(10-15(2,18)11-16)17-9-5-7-13-6-3-4-8-14(13)17/h12-14,18H,3-11,16H2,1-2H3. The maximum absolute atomic E-state index is 10.2. The van der Waals surface area contributed by atoms with Crippen LogP contribution in [-0.2, 0) is 0 Å². The zero-order valence-electron chi connectivity index (χ0n) is 12.1. The lowest BCUT2D eigenvalue weighted by molar-refractivity contribution is -0.0147. The third kappa shape index (κ3) is 3.25. The predicted octanol–water partition coefficient (Wildman–Crippen LogP) is 2.13. The molecule has 18 heavy (non-hydrogen) atoms. The lowest BCUT2D eigenvalue weighted by atomic mass is 9.77. The molecule has 3 nitrogen and oxygen atoms in total. The smallest absolute Gasteiger partial charge is 0.0756 e. The van der Waals surface area contributed by atoms with Crippen LogP contribution in [0.5, 0.6) is 0 Å². The molecule has 0 amide bonds. The van der Waals surface area contributed by atoms with Gasteiger partial charge in [0.25, 0.3) is 0 Å². The van der Waals surface area contributed by atoms with Gasteiger partial charge in [-0.1, -0.05) is 12.8 Å². The summed E-state index contributed by atoms with van der Waals surface area (Å²) in [5.74, 6) is 0.915. The quantitative estimate of drug-likeness (QED) is 0.808. The fourth-order valence-corrected chi connectivity index (χ4v) is 4.05. The summed E-state index contributed by atoms with van der Waals surface area (Å²) in [6.07, 6.45) is 9.13. The fraction of sp³-hybridized carbons (Fsp3) is 1.00. The fourth-order valence-electron chi connectivity index (χ4n) is 4.05. The van der Waals surface area contributed by atoms with Crippen molar-refractivity contribution >= 4 is 0 Å². The van der Waals surface area contributed by atoms with E-state index in [-0.39, 0.29) is 0 Å². The van der Waals surface area contributed by atoms with Crippen LogP contribution in [0.2, 0.25) is 0 Å². The van der Waals surface area contributed by atoms with Crippen molar-refractivity contribution in [1.29, 1.82) is 0 Å². The third-order valence-corrected chi connectivity index (χ3v) is 5.03. The molecule has 1 aliphatic carbocycles. The average molecular weight is 254 g/mol. The minimum atomic E-state index is -0.707. The van der Waals surface area contributed by atoms with E-state index in [0.717, 1.165) is 18.4 Å². The molecule has 1 aliphatic heterocycles. The van der Waals surface area contributed by atoms with Gasteiger partial charge in [0.05, 0.1) is 5.60 Å². The summed E-state index contributed by atoms with van der Waals surface area (Å²) in [5.41, 5.74) is 4.94. The van der Waals surface area contributed by atoms with Crippen LogP contribution in [0.4, 0.5) is 0 Å². The van der Waals surface area contributed by atoms with Crippen LogP contribution in [0.3, 0.4) is 0 Å². The molecule has 3 heteroatoms. The molecule has 0 aromatic carbocycles. The molecule has 2 aliphatic rings. The number of aliphatic hydroxyl groups is 1. The first-order valence-electron chi connectivity index (χ1n) is 7.72. The van der Waals surface area contributed by atoms with E-state index in [0.29, 0.717) is 12.6 Å². The van der Waals surface area contributed by atoms with Crippen molar-refractivity contribution in [3.8, 4) is 0 Å². The highest BCUT2D eigenvalue weighted by atomic mass is 16.3. The predicted molar refractivity (Wildman–Crippen MR) is 75.4 cm³/mol. The van der Waals surface area contributed by atoms with Crippen molar-refractivity contribution in [1.82, 2.24) is 4.90 Å². The molecule has 106 valence electrons. The van der Waals surface area contributed by atoms with Crippen molar-refractivity contribution in [2.24, 2.45) is 11.7 Å². The molecule has 0 aromatic rings. The molecule has 4 atom stereocenters. The number of nitrogens with two attached hydrogens (primary N) is 1. The van der Waals surface area contributed by atoms with E-state index in [1.54, 1.807) is 0 Å². The molecule has 3 N–H and O–H groups in total. The van der Waals surface area contributed by atoms with Crippen LogP contribution < -0.4 is 5.73 Å². The summed E-state index contributed by atoms with van der Waals surface area (Å²) in [4.78, 5) is 2.66. The first kappa shape index (κ1) is 14.3. The minimum absolute atomic E-state index is 0.360. The van der Waals surface area contributed by atoms with Crippen LogP contribution in [0.15, 0.2) is 0 Å². The van der Waals surface area contributed by atoms with Gasteiger partial charge in [0.15, 0.2) is 0 Å². The van der Waals surface area contributed by atoms with Gasteiger partial charge in [-0.3, -0.25) is 4.90 Å². The summed E-state index contributed by atoms with van der Waals surface area (Å²) >= 11 is 0. The summed E-state index contributed by atoms with van der Waals surface area (Å²) in [6.45, 7) is 5.70. The molecule has 0 bridgehead atoms. The second kappa shape index (κ2) is 5.89. The molecule has 1 saturated carbocycles. The van der Waals surface area contributed by atoms with Crippen molar-refractivity contribution in [2.45, 2.75) is 76.5 Å². The van der Waals surface area contributed by atoms with E-state index < -0.39 is 5.60 Å². The van der Waals surface area contributed by atoms with Crippen molar-refractivity contribution in [3.63, 3.8) is 0 Å². The Morgan fingerprint density at radius 1 is 1.28 bits per heavy atom. The Bertz CT molecular complexity index is 265. The van der Waals surface area contributed by atoms with Gasteiger partial charge in [-0.15, -0.1) is 0 Å². The SMILES string of the molecule is CC(CC(C)(O)CN)N1CCCC2CCCCC21. The number of nitrogens with zero attached hydrogens (tertiary/aromatic N) is 1. The molecule has 4 unspecified atom stereocenters. The normalized spacial score (nSPS) is 34.7. The number of likely N-dealkylation sites (tertiary alicyclic amines) is 1. The number of piperidine rings is 1. The van der Waals surface area contributed by atoms with Crippen LogP contribution in [-0.4, -0.2) is 40.8 Å². The maximum Gasteiger partial charge on any atom is 0.0756 e. The van der Waals surface area contributed by atoms with Gasteiger partial charge in [-0.05, 0) is 58.4 Å². The lowest BCUT2D eigenvalue weighted by Gasteiger charge is -2.48. The summed E-state index contributed by atoms with van der Waals surface area (Å²) < 4.78 is 0. The first-order valence-corrected chi connectivity index (χ1v) is 7.72. The molecular formula is C15H30N2O. The largest absolute Gasteiger partial charge is 0.389 e. The van der Waals surface area contributed by atoms with Gasteiger partial charge >= 0.3 is 0 Å². The van der Waals surface area contributed by atoms with Crippen molar-refractivity contribution in [3.05, 3.63) is 0 Å². The maximum atomic E-state index is 10.2. The average Bonchev–Trinajstić information content (AvgIpc) is 2.37. The van der Waals surface area contributed by atoms with E-state index in [1.165, 1.54) is 45.1 Å².